The number of nitrogens with zero attached hydrogens (tertiary/aromatic N) is 2. The van der Waals surface area contributed by atoms with Crippen LogP contribution in [-0.4, -0.2) is 9.97 Å². The molecule has 0 aliphatic heterocycles. The zero-order valence-electron chi connectivity index (χ0n) is 10.9. The van der Waals surface area contributed by atoms with Crippen molar-refractivity contribution >= 4 is 29.2 Å². The summed E-state index contributed by atoms with van der Waals surface area (Å²) >= 11 is 11.9. The molecule has 0 unspecified atom stereocenters. The Bertz CT molecular complexity index is 786. The number of anilines is 1. The summed E-state index contributed by atoms with van der Waals surface area (Å²) in [5.41, 5.74) is 9.12. The van der Waals surface area contributed by atoms with Gasteiger partial charge >= 0.3 is 0 Å². The highest BCUT2D eigenvalue weighted by Crippen LogP contribution is 2.26. The third-order valence-electron chi connectivity index (χ3n) is 3.00. The summed E-state index contributed by atoms with van der Waals surface area (Å²) in [5, 5.41) is 1.33. The maximum absolute atomic E-state index is 6.02. The number of nitrogen functional groups attached to an aromatic ring is 1. The van der Waals surface area contributed by atoms with Crippen LogP contribution in [0, 0.1) is 0 Å². The van der Waals surface area contributed by atoms with Crippen LogP contribution in [0.5, 0.6) is 0 Å². The number of aromatic nitrogens is 2. The van der Waals surface area contributed by atoms with Crippen LogP contribution in [-0.2, 0) is 0 Å². The zero-order valence-corrected chi connectivity index (χ0v) is 12.4. The second kappa shape index (κ2) is 5.72. The van der Waals surface area contributed by atoms with E-state index in [9.17, 15) is 0 Å². The normalized spacial score (nSPS) is 10.6. The third kappa shape index (κ3) is 3.15. The van der Waals surface area contributed by atoms with Crippen molar-refractivity contribution in [3.05, 3.63) is 64.6 Å². The van der Waals surface area contributed by atoms with Gasteiger partial charge in [-0.25, -0.2) is 9.97 Å². The molecule has 5 heteroatoms. The van der Waals surface area contributed by atoms with Crippen LogP contribution < -0.4 is 5.73 Å². The lowest BCUT2D eigenvalue weighted by Gasteiger charge is -2.07. The van der Waals surface area contributed by atoms with Crippen molar-refractivity contribution in [1.29, 1.82) is 0 Å². The van der Waals surface area contributed by atoms with E-state index in [1.54, 1.807) is 0 Å². The van der Waals surface area contributed by atoms with E-state index in [1.165, 1.54) is 0 Å². The first-order valence-corrected chi connectivity index (χ1v) is 7.04. The summed E-state index contributed by atoms with van der Waals surface area (Å²) < 4.78 is 0. The van der Waals surface area contributed by atoms with Gasteiger partial charge in [0.05, 0.1) is 11.4 Å². The Labute approximate surface area is 132 Å². The second-order valence-electron chi connectivity index (χ2n) is 4.51. The van der Waals surface area contributed by atoms with Crippen molar-refractivity contribution in [2.24, 2.45) is 0 Å². The fourth-order valence-electron chi connectivity index (χ4n) is 2.03. The van der Waals surface area contributed by atoms with E-state index in [4.69, 9.17) is 28.9 Å². The average Bonchev–Trinajstić information content (AvgIpc) is 2.47. The highest BCUT2D eigenvalue weighted by Gasteiger charge is 2.07. The fourth-order valence-corrected chi connectivity index (χ4v) is 2.35. The molecular weight excluding hydrogens is 305 g/mol. The molecule has 0 radical (unpaired) electrons. The third-order valence-corrected chi connectivity index (χ3v) is 3.49. The Hall–Kier alpha value is -2.10. The predicted molar refractivity (Wildman–Crippen MR) is 87.3 cm³/mol. The Balaban J connectivity index is 2.10. The number of hydrogen-bond donors (Lipinski definition) is 1. The minimum Gasteiger partial charge on any atom is -0.368 e. The van der Waals surface area contributed by atoms with Gasteiger partial charge in [0.15, 0.2) is 0 Å². The summed E-state index contributed by atoms with van der Waals surface area (Å²) in [5.74, 6) is 0.220. The van der Waals surface area contributed by atoms with Crippen molar-refractivity contribution in [3.8, 4) is 22.5 Å². The number of hydrogen-bond acceptors (Lipinski definition) is 3. The van der Waals surface area contributed by atoms with Crippen LogP contribution >= 0.6 is 23.2 Å². The first kappa shape index (κ1) is 13.9. The lowest BCUT2D eigenvalue weighted by molar-refractivity contribution is 1.19. The fraction of sp³-hybridized carbons (Fsp3) is 0. The lowest BCUT2D eigenvalue weighted by Crippen LogP contribution is -1.98. The van der Waals surface area contributed by atoms with Crippen molar-refractivity contribution in [3.63, 3.8) is 0 Å². The molecule has 0 saturated heterocycles. The van der Waals surface area contributed by atoms with Gasteiger partial charge in [-0.3, -0.25) is 0 Å². The van der Waals surface area contributed by atoms with Gasteiger partial charge in [-0.1, -0.05) is 47.5 Å². The lowest BCUT2D eigenvalue weighted by atomic mass is 10.1. The molecule has 0 amide bonds. The smallest absolute Gasteiger partial charge is 0.221 e. The van der Waals surface area contributed by atoms with Gasteiger partial charge in [0.25, 0.3) is 0 Å². The first-order chi connectivity index (χ1) is 10.1. The molecule has 0 aliphatic carbocycles. The largest absolute Gasteiger partial charge is 0.368 e. The molecule has 3 aromatic rings. The molecule has 0 saturated carbocycles. The Kier molecular flexibility index (Phi) is 3.78. The maximum atomic E-state index is 6.02. The average molecular weight is 316 g/mol. The standard InChI is InChI=1S/C16H11Cl2N3/c17-12-6-4-10(5-7-12)14-9-15(21-16(19)20-14)11-2-1-3-13(18)8-11/h1-9H,(H2,19,20,21). The summed E-state index contributed by atoms with van der Waals surface area (Å²) in [4.78, 5) is 8.54. The quantitative estimate of drug-likeness (QED) is 0.745. The van der Waals surface area contributed by atoms with E-state index in [-0.39, 0.29) is 5.95 Å². The van der Waals surface area contributed by atoms with Crippen LogP contribution in [0.25, 0.3) is 22.5 Å². The molecular formula is C16H11Cl2N3. The topological polar surface area (TPSA) is 51.8 Å². The van der Waals surface area contributed by atoms with Gasteiger partial charge in [0.2, 0.25) is 5.95 Å². The molecule has 3 rings (SSSR count). The van der Waals surface area contributed by atoms with Gasteiger partial charge in [0, 0.05) is 21.2 Å². The zero-order chi connectivity index (χ0) is 14.8. The predicted octanol–water partition coefficient (Wildman–Crippen LogP) is 4.70. The van der Waals surface area contributed by atoms with Gasteiger partial charge in [-0.05, 0) is 30.3 Å². The molecule has 1 aromatic heterocycles. The molecule has 21 heavy (non-hydrogen) atoms. The Morgan fingerprint density at radius 1 is 0.714 bits per heavy atom. The summed E-state index contributed by atoms with van der Waals surface area (Å²) in [6.07, 6.45) is 0. The molecule has 0 aliphatic rings. The summed E-state index contributed by atoms with van der Waals surface area (Å²) in [6.45, 7) is 0. The molecule has 3 nitrogen and oxygen atoms in total. The van der Waals surface area contributed by atoms with Crippen LogP contribution in [0.2, 0.25) is 10.0 Å². The highest BCUT2D eigenvalue weighted by molar-refractivity contribution is 6.31. The van der Waals surface area contributed by atoms with E-state index in [0.29, 0.717) is 10.0 Å². The number of nitrogens with two attached hydrogens (primary N) is 1. The number of halogens is 2. The second-order valence-corrected chi connectivity index (χ2v) is 5.39. The molecule has 2 aromatic carbocycles. The molecule has 1 heterocycles. The van der Waals surface area contributed by atoms with E-state index < -0.39 is 0 Å². The van der Waals surface area contributed by atoms with Crippen molar-refractivity contribution in [1.82, 2.24) is 9.97 Å². The van der Waals surface area contributed by atoms with E-state index >= 15 is 0 Å². The maximum Gasteiger partial charge on any atom is 0.221 e. The molecule has 104 valence electrons. The van der Waals surface area contributed by atoms with Gasteiger partial charge in [-0.2, -0.15) is 0 Å². The van der Waals surface area contributed by atoms with Crippen LogP contribution in [0.1, 0.15) is 0 Å². The van der Waals surface area contributed by atoms with E-state index in [2.05, 4.69) is 9.97 Å². The van der Waals surface area contributed by atoms with Crippen molar-refractivity contribution in [2.75, 3.05) is 5.73 Å². The molecule has 0 atom stereocenters. The minimum absolute atomic E-state index is 0.220. The minimum atomic E-state index is 0.220. The Morgan fingerprint density at radius 2 is 1.38 bits per heavy atom. The van der Waals surface area contributed by atoms with Crippen molar-refractivity contribution < 1.29 is 0 Å². The summed E-state index contributed by atoms with van der Waals surface area (Å²) in [7, 11) is 0. The van der Waals surface area contributed by atoms with E-state index in [1.807, 2.05) is 54.6 Å². The Morgan fingerprint density at radius 3 is 2.05 bits per heavy atom. The van der Waals surface area contributed by atoms with Crippen LogP contribution in [0.3, 0.4) is 0 Å². The van der Waals surface area contributed by atoms with Crippen LogP contribution in [0.15, 0.2) is 54.6 Å². The first-order valence-electron chi connectivity index (χ1n) is 6.28. The highest BCUT2D eigenvalue weighted by atomic mass is 35.5. The molecule has 0 bridgehead atoms. The SMILES string of the molecule is Nc1nc(-c2ccc(Cl)cc2)cc(-c2cccc(Cl)c2)n1. The number of rotatable bonds is 2. The van der Waals surface area contributed by atoms with E-state index in [0.717, 1.165) is 22.5 Å². The van der Waals surface area contributed by atoms with Gasteiger partial charge < -0.3 is 5.73 Å². The van der Waals surface area contributed by atoms with Crippen molar-refractivity contribution in [2.45, 2.75) is 0 Å². The monoisotopic (exact) mass is 315 g/mol. The molecule has 0 fully saturated rings. The summed E-state index contributed by atoms with van der Waals surface area (Å²) in [6, 6.07) is 16.8. The molecule has 2 N–H and O–H groups in total. The van der Waals surface area contributed by atoms with Crippen LogP contribution in [0.4, 0.5) is 5.95 Å². The molecule has 0 spiro atoms. The number of benzene rings is 2. The van der Waals surface area contributed by atoms with Gasteiger partial charge in [0.1, 0.15) is 0 Å². The van der Waals surface area contributed by atoms with Gasteiger partial charge in [-0.15, -0.1) is 0 Å².